The summed E-state index contributed by atoms with van der Waals surface area (Å²) in [5, 5.41) is 10.3. The SMILES string of the molecule is CCOc1ccc(CCNC(=S)Nc2cnn(COCC(F)(F)F)c2)cc1OCC. The van der Waals surface area contributed by atoms with Gasteiger partial charge in [0.05, 0.1) is 31.3 Å². The van der Waals surface area contributed by atoms with Gasteiger partial charge in [-0.2, -0.15) is 18.3 Å². The molecule has 1 heterocycles. The number of anilines is 1. The highest BCUT2D eigenvalue weighted by Crippen LogP contribution is 2.28. The number of hydrogen-bond donors (Lipinski definition) is 2. The van der Waals surface area contributed by atoms with Crippen LogP contribution in [0.2, 0.25) is 0 Å². The van der Waals surface area contributed by atoms with Crippen molar-refractivity contribution in [1.82, 2.24) is 15.1 Å². The van der Waals surface area contributed by atoms with Crippen LogP contribution in [-0.4, -0.2) is 47.4 Å². The van der Waals surface area contributed by atoms with Gasteiger partial charge in [0.15, 0.2) is 16.6 Å². The van der Waals surface area contributed by atoms with E-state index in [4.69, 9.17) is 21.7 Å². The van der Waals surface area contributed by atoms with E-state index in [1.165, 1.54) is 17.1 Å². The number of benzene rings is 1. The average Bonchev–Trinajstić information content (AvgIpc) is 3.10. The lowest BCUT2D eigenvalue weighted by Gasteiger charge is -2.13. The topological polar surface area (TPSA) is 69.6 Å². The number of halogens is 3. The molecule has 0 saturated carbocycles. The molecule has 0 aliphatic rings. The van der Waals surface area contributed by atoms with Crippen LogP contribution in [-0.2, 0) is 17.9 Å². The minimum absolute atomic E-state index is 0.304. The number of ether oxygens (including phenoxy) is 3. The van der Waals surface area contributed by atoms with Crippen molar-refractivity contribution >= 4 is 23.0 Å². The molecule has 166 valence electrons. The van der Waals surface area contributed by atoms with Crippen LogP contribution in [0.4, 0.5) is 18.9 Å². The molecule has 2 N–H and O–H groups in total. The number of alkyl halides is 3. The molecular weight excluding hydrogens is 421 g/mol. The Morgan fingerprint density at radius 2 is 1.90 bits per heavy atom. The molecule has 7 nitrogen and oxygen atoms in total. The van der Waals surface area contributed by atoms with E-state index in [1.54, 1.807) is 0 Å². The number of thiocarbonyl (C=S) groups is 1. The van der Waals surface area contributed by atoms with E-state index in [0.29, 0.717) is 48.5 Å². The minimum Gasteiger partial charge on any atom is -0.490 e. The fourth-order valence-electron chi connectivity index (χ4n) is 2.50. The summed E-state index contributed by atoms with van der Waals surface area (Å²) in [5.74, 6) is 1.42. The Morgan fingerprint density at radius 1 is 1.17 bits per heavy atom. The van der Waals surface area contributed by atoms with Gasteiger partial charge in [-0.1, -0.05) is 6.07 Å². The first-order valence-electron chi connectivity index (χ1n) is 9.41. The second kappa shape index (κ2) is 11.6. The maximum absolute atomic E-state index is 12.1. The van der Waals surface area contributed by atoms with Crippen LogP contribution in [0.1, 0.15) is 19.4 Å². The normalized spacial score (nSPS) is 11.2. The average molecular weight is 446 g/mol. The van der Waals surface area contributed by atoms with Crippen molar-refractivity contribution in [1.29, 1.82) is 0 Å². The van der Waals surface area contributed by atoms with Gasteiger partial charge >= 0.3 is 6.18 Å². The summed E-state index contributed by atoms with van der Waals surface area (Å²) < 4.78 is 53.2. The zero-order chi connectivity index (χ0) is 22.0. The molecule has 0 bridgehead atoms. The monoisotopic (exact) mass is 446 g/mol. The fraction of sp³-hybridized carbons (Fsp3) is 0.474. The second-order valence-electron chi connectivity index (χ2n) is 6.14. The molecule has 2 aromatic rings. The van der Waals surface area contributed by atoms with Crippen LogP contribution in [0.3, 0.4) is 0 Å². The smallest absolute Gasteiger partial charge is 0.411 e. The molecule has 0 radical (unpaired) electrons. The Kier molecular flexibility index (Phi) is 9.18. The highest BCUT2D eigenvalue weighted by atomic mass is 32.1. The number of nitrogens with one attached hydrogen (secondary N) is 2. The van der Waals surface area contributed by atoms with Gasteiger partial charge < -0.3 is 24.8 Å². The van der Waals surface area contributed by atoms with Gasteiger partial charge in [0, 0.05) is 6.54 Å². The summed E-state index contributed by atoms with van der Waals surface area (Å²) in [6.07, 6.45) is -0.706. The van der Waals surface area contributed by atoms with E-state index in [9.17, 15) is 13.2 Å². The van der Waals surface area contributed by atoms with E-state index >= 15 is 0 Å². The van der Waals surface area contributed by atoms with E-state index in [0.717, 1.165) is 5.56 Å². The summed E-state index contributed by atoms with van der Waals surface area (Å²) in [5.41, 5.74) is 1.61. The number of aromatic nitrogens is 2. The van der Waals surface area contributed by atoms with Crippen molar-refractivity contribution in [3.63, 3.8) is 0 Å². The minimum atomic E-state index is -4.37. The van der Waals surface area contributed by atoms with Crippen LogP contribution in [0, 0.1) is 0 Å². The van der Waals surface area contributed by atoms with Gasteiger partial charge in [-0.3, -0.25) is 0 Å². The highest BCUT2D eigenvalue weighted by Gasteiger charge is 2.27. The zero-order valence-corrected chi connectivity index (χ0v) is 17.6. The molecule has 0 saturated heterocycles. The molecule has 30 heavy (non-hydrogen) atoms. The summed E-state index contributed by atoms with van der Waals surface area (Å²) in [4.78, 5) is 0. The summed E-state index contributed by atoms with van der Waals surface area (Å²) >= 11 is 5.24. The third kappa shape index (κ3) is 8.46. The standard InChI is InChI=1S/C19H25F3N4O3S/c1-3-28-16-6-5-14(9-17(16)29-4-2)7-8-23-18(30)25-15-10-24-26(11-15)13-27-12-19(20,21)22/h5-6,9-11H,3-4,7-8,12-13H2,1-2H3,(H2,23,25,30). The molecule has 0 fully saturated rings. The highest BCUT2D eigenvalue weighted by molar-refractivity contribution is 7.80. The van der Waals surface area contributed by atoms with Crippen LogP contribution in [0.5, 0.6) is 11.5 Å². The van der Waals surface area contributed by atoms with E-state index in [2.05, 4.69) is 20.5 Å². The van der Waals surface area contributed by atoms with E-state index < -0.39 is 12.8 Å². The Balaban J connectivity index is 1.77. The first kappa shape index (κ1) is 23.7. The third-order valence-corrected chi connectivity index (χ3v) is 3.93. The van der Waals surface area contributed by atoms with E-state index in [1.807, 2.05) is 32.0 Å². The van der Waals surface area contributed by atoms with Gasteiger partial charge in [0.25, 0.3) is 0 Å². The van der Waals surface area contributed by atoms with Crippen molar-refractivity contribution < 1.29 is 27.4 Å². The molecule has 0 spiro atoms. The lowest BCUT2D eigenvalue weighted by Crippen LogP contribution is -2.30. The molecule has 0 aliphatic heterocycles. The van der Waals surface area contributed by atoms with Crippen molar-refractivity contribution in [3.05, 3.63) is 36.2 Å². The molecule has 0 unspecified atom stereocenters. The second-order valence-corrected chi connectivity index (χ2v) is 6.55. The lowest BCUT2D eigenvalue weighted by atomic mass is 10.1. The molecule has 11 heteroatoms. The Hall–Kier alpha value is -2.53. The molecule has 0 atom stereocenters. The maximum Gasteiger partial charge on any atom is 0.411 e. The summed E-state index contributed by atoms with van der Waals surface area (Å²) in [6, 6.07) is 5.80. The number of nitrogens with zero attached hydrogens (tertiary/aromatic N) is 2. The Labute approximate surface area is 178 Å². The summed E-state index contributed by atoms with van der Waals surface area (Å²) in [6.45, 7) is 3.89. The van der Waals surface area contributed by atoms with E-state index in [-0.39, 0.29) is 6.73 Å². The quantitative estimate of drug-likeness (QED) is 0.510. The van der Waals surface area contributed by atoms with Crippen LogP contribution >= 0.6 is 12.2 Å². The molecule has 0 aliphatic carbocycles. The van der Waals surface area contributed by atoms with Crippen molar-refractivity contribution in [2.75, 3.05) is 31.7 Å². The predicted octanol–water partition coefficient (Wildman–Crippen LogP) is 3.75. The summed E-state index contributed by atoms with van der Waals surface area (Å²) in [7, 11) is 0. The van der Waals surface area contributed by atoms with Gasteiger partial charge in [0.2, 0.25) is 0 Å². The largest absolute Gasteiger partial charge is 0.490 e. The van der Waals surface area contributed by atoms with Gasteiger partial charge in [-0.25, -0.2) is 4.68 Å². The van der Waals surface area contributed by atoms with Crippen LogP contribution < -0.4 is 20.1 Å². The zero-order valence-electron chi connectivity index (χ0n) is 16.8. The first-order valence-corrected chi connectivity index (χ1v) is 9.82. The Bertz CT molecular complexity index is 815. The molecule has 1 aromatic heterocycles. The molecule has 0 amide bonds. The number of rotatable bonds is 11. The third-order valence-electron chi connectivity index (χ3n) is 3.69. The maximum atomic E-state index is 12.1. The number of hydrogen-bond acceptors (Lipinski definition) is 5. The Morgan fingerprint density at radius 3 is 2.60 bits per heavy atom. The van der Waals surface area contributed by atoms with Crippen LogP contribution in [0.25, 0.3) is 0 Å². The van der Waals surface area contributed by atoms with Gasteiger partial charge in [0.1, 0.15) is 13.3 Å². The first-order chi connectivity index (χ1) is 14.3. The molecular formula is C19H25F3N4O3S. The molecule has 2 rings (SSSR count). The predicted molar refractivity (Wildman–Crippen MR) is 111 cm³/mol. The lowest BCUT2D eigenvalue weighted by molar-refractivity contribution is -0.182. The van der Waals surface area contributed by atoms with Crippen molar-refractivity contribution in [3.8, 4) is 11.5 Å². The van der Waals surface area contributed by atoms with Crippen molar-refractivity contribution in [2.45, 2.75) is 33.2 Å². The van der Waals surface area contributed by atoms with Gasteiger partial charge in [-0.05, 0) is 50.2 Å². The fourth-order valence-corrected chi connectivity index (χ4v) is 2.72. The van der Waals surface area contributed by atoms with Gasteiger partial charge in [-0.15, -0.1) is 0 Å². The van der Waals surface area contributed by atoms with Crippen LogP contribution in [0.15, 0.2) is 30.6 Å². The molecule has 1 aromatic carbocycles. The van der Waals surface area contributed by atoms with Crippen molar-refractivity contribution in [2.24, 2.45) is 0 Å².